The Morgan fingerprint density at radius 3 is 2.43 bits per heavy atom. The minimum absolute atomic E-state index is 0.0985. The fourth-order valence-electron chi connectivity index (χ4n) is 2.93. The molecule has 0 bridgehead atoms. The Balaban J connectivity index is 2.45. The second-order valence-electron chi connectivity index (χ2n) is 5.42. The van der Waals surface area contributed by atoms with Crippen molar-refractivity contribution in [3.63, 3.8) is 0 Å². The molecular weight excluding hydrogens is 330 g/mol. The molecule has 0 unspecified atom stereocenters. The molecule has 0 aliphatic heterocycles. The predicted molar refractivity (Wildman–Crippen MR) is 88.7 cm³/mol. The highest BCUT2D eigenvalue weighted by Gasteiger charge is 2.17. The number of nitrogens with zero attached hydrogens (tertiary/aromatic N) is 2. The molecule has 0 aliphatic carbocycles. The van der Waals surface area contributed by atoms with E-state index in [0.29, 0.717) is 11.3 Å². The van der Waals surface area contributed by atoms with Crippen LogP contribution >= 0.6 is 15.9 Å². The van der Waals surface area contributed by atoms with Crippen molar-refractivity contribution in [1.82, 2.24) is 14.5 Å². The van der Waals surface area contributed by atoms with Gasteiger partial charge in [0.15, 0.2) is 0 Å². The lowest BCUT2D eigenvalue weighted by Gasteiger charge is -2.09. The number of nitrogens with one attached hydrogen (secondary N) is 1. The largest absolute Gasteiger partial charge is 0.344 e. The minimum Gasteiger partial charge on any atom is -0.344 e. The van der Waals surface area contributed by atoms with Gasteiger partial charge in [-0.1, -0.05) is 15.9 Å². The monoisotopic (exact) mass is 345 g/mol. The lowest BCUT2D eigenvalue weighted by atomic mass is 9.97. The second kappa shape index (κ2) is 4.84. The molecule has 1 aromatic carbocycles. The van der Waals surface area contributed by atoms with Gasteiger partial charge < -0.3 is 9.55 Å². The number of aromatic amines is 1. The summed E-state index contributed by atoms with van der Waals surface area (Å²) in [5, 5.41) is 0. The molecule has 2 aromatic heterocycles. The number of aromatic nitrogens is 3. The van der Waals surface area contributed by atoms with E-state index >= 15 is 0 Å². The number of hydrogen-bond acceptors (Lipinski definition) is 2. The van der Waals surface area contributed by atoms with Crippen molar-refractivity contribution < 1.29 is 0 Å². The van der Waals surface area contributed by atoms with Crippen LogP contribution in [0.1, 0.15) is 17.0 Å². The van der Waals surface area contributed by atoms with Gasteiger partial charge >= 0.3 is 0 Å². The van der Waals surface area contributed by atoms with Crippen LogP contribution in [-0.2, 0) is 7.05 Å². The van der Waals surface area contributed by atoms with Crippen molar-refractivity contribution in [2.75, 3.05) is 0 Å². The van der Waals surface area contributed by atoms with Gasteiger partial charge in [-0.25, -0.2) is 4.98 Å². The van der Waals surface area contributed by atoms with Crippen LogP contribution in [0.25, 0.3) is 22.2 Å². The third kappa shape index (κ3) is 2.21. The van der Waals surface area contributed by atoms with Gasteiger partial charge in [-0.05, 0) is 49.6 Å². The summed E-state index contributed by atoms with van der Waals surface area (Å²) in [5.41, 5.74) is 5.73. The Bertz CT molecular complexity index is 898. The topological polar surface area (TPSA) is 50.7 Å². The molecule has 0 saturated carbocycles. The summed E-state index contributed by atoms with van der Waals surface area (Å²) in [6, 6.07) is 4.17. The van der Waals surface area contributed by atoms with Crippen LogP contribution in [-0.4, -0.2) is 14.5 Å². The minimum atomic E-state index is -0.0985. The summed E-state index contributed by atoms with van der Waals surface area (Å²) in [7, 11) is 1.88. The van der Waals surface area contributed by atoms with E-state index in [-0.39, 0.29) is 5.56 Å². The first-order valence-electron chi connectivity index (χ1n) is 6.71. The molecule has 3 aromatic rings. The Morgan fingerprint density at radius 1 is 1.19 bits per heavy atom. The van der Waals surface area contributed by atoms with Gasteiger partial charge in [0.2, 0.25) is 0 Å². The number of fused-ring (bicyclic) bond motifs is 1. The van der Waals surface area contributed by atoms with Crippen molar-refractivity contribution in [3.8, 4) is 11.1 Å². The van der Waals surface area contributed by atoms with Crippen molar-refractivity contribution in [1.29, 1.82) is 0 Å². The maximum Gasteiger partial charge on any atom is 0.275 e. The molecule has 4 nitrogen and oxygen atoms in total. The Kier molecular flexibility index (Phi) is 3.24. The maximum atomic E-state index is 12.2. The van der Waals surface area contributed by atoms with Crippen LogP contribution < -0.4 is 5.56 Å². The summed E-state index contributed by atoms with van der Waals surface area (Å²) in [6.07, 6.45) is 1.98. The Labute approximate surface area is 131 Å². The molecule has 1 N–H and O–H groups in total. The van der Waals surface area contributed by atoms with Crippen molar-refractivity contribution in [3.05, 3.63) is 50.1 Å². The number of halogens is 1. The molecule has 0 fully saturated rings. The van der Waals surface area contributed by atoms with E-state index in [1.807, 2.05) is 17.8 Å². The quantitative estimate of drug-likeness (QED) is 0.732. The number of rotatable bonds is 1. The number of aryl methyl sites for hydroxylation is 4. The highest BCUT2D eigenvalue weighted by atomic mass is 79.9. The predicted octanol–water partition coefficient (Wildman–Crippen LogP) is 3.62. The highest BCUT2D eigenvalue weighted by molar-refractivity contribution is 9.10. The SMILES string of the molecule is Cc1nc2c(-c3c(C)cc(Br)cc3C)cn(C)c2c(=O)[nH]1. The summed E-state index contributed by atoms with van der Waals surface area (Å²) < 4.78 is 2.90. The average Bonchev–Trinajstić information content (AvgIpc) is 2.65. The smallest absolute Gasteiger partial charge is 0.275 e. The molecular formula is C16H16BrN3O. The van der Waals surface area contributed by atoms with E-state index < -0.39 is 0 Å². The molecule has 5 heteroatoms. The normalized spacial score (nSPS) is 11.3. The van der Waals surface area contributed by atoms with Crippen LogP contribution in [0.5, 0.6) is 0 Å². The molecule has 3 rings (SSSR count). The molecule has 21 heavy (non-hydrogen) atoms. The molecule has 0 saturated heterocycles. The zero-order valence-corrected chi connectivity index (χ0v) is 14.0. The average molecular weight is 346 g/mol. The number of H-pyrrole nitrogens is 1. The van der Waals surface area contributed by atoms with Gasteiger partial charge in [-0.15, -0.1) is 0 Å². The first-order chi connectivity index (χ1) is 9.88. The summed E-state index contributed by atoms with van der Waals surface area (Å²) in [4.78, 5) is 19.5. The van der Waals surface area contributed by atoms with Gasteiger partial charge in [0.1, 0.15) is 16.9 Å². The Hall–Kier alpha value is -1.88. The summed E-state index contributed by atoms with van der Waals surface area (Å²) >= 11 is 3.52. The lowest BCUT2D eigenvalue weighted by molar-refractivity contribution is 0.946. The molecule has 0 spiro atoms. The van der Waals surface area contributed by atoms with Crippen LogP contribution in [0.15, 0.2) is 27.6 Å². The summed E-state index contributed by atoms with van der Waals surface area (Å²) in [6.45, 7) is 5.96. The first-order valence-corrected chi connectivity index (χ1v) is 7.51. The standard InChI is InChI=1S/C16H16BrN3O/c1-8-5-11(17)6-9(2)13(8)12-7-20(4)15-14(12)18-10(3)19-16(15)21/h5-7H,1-4H3,(H,18,19,21). The van der Waals surface area contributed by atoms with Gasteiger partial charge in [-0.2, -0.15) is 0 Å². The van der Waals surface area contributed by atoms with Gasteiger partial charge in [0.25, 0.3) is 5.56 Å². The first kappa shape index (κ1) is 14.1. The number of benzene rings is 1. The van der Waals surface area contributed by atoms with Crippen LogP contribution in [0.2, 0.25) is 0 Å². The number of hydrogen-bond donors (Lipinski definition) is 1. The van der Waals surface area contributed by atoms with Crippen molar-refractivity contribution in [2.24, 2.45) is 7.05 Å². The van der Waals surface area contributed by atoms with Gasteiger partial charge in [0.05, 0.1) is 0 Å². The van der Waals surface area contributed by atoms with E-state index in [2.05, 4.69) is 51.9 Å². The molecule has 108 valence electrons. The molecule has 2 heterocycles. The Morgan fingerprint density at radius 2 is 1.81 bits per heavy atom. The molecule has 0 amide bonds. The van der Waals surface area contributed by atoms with Crippen LogP contribution in [0.4, 0.5) is 0 Å². The van der Waals surface area contributed by atoms with Crippen LogP contribution in [0, 0.1) is 20.8 Å². The van der Waals surface area contributed by atoms with Crippen LogP contribution in [0.3, 0.4) is 0 Å². The third-order valence-electron chi connectivity index (χ3n) is 3.71. The van der Waals surface area contributed by atoms with Gasteiger partial charge in [0, 0.05) is 23.3 Å². The van der Waals surface area contributed by atoms with E-state index in [1.54, 1.807) is 6.92 Å². The molecule has 0 atom stereocenters. The van der Waals surface area contributed by atoms with Crippen molar-refractivity contribution >= 4 is 27.0 Å². The van der Waals surface area contributed by atoms with Crippen molar-refractivity contribution in [2.45, 2.75) is 20.8 Å². The van der Waals surface area contributed by atoms with Gasteiger partial charge in [-0.3, -0.25) is 4.79 Å². The maximum absolute atomic E-state index is 12.2. The third-order valence-corrected chi connectivity index (χ3v) is 4.17. The fraction of sp³-hybridized carbons (Fsp3) is 0.250. The highest BCUT2D eigenvalue weighted by Crippen LogP contribution is 2.34. The second-order valence-corrected chi connectivity index (χ2v) is 6.33. The summed E-state index contributed by atoms with van der Waals surface area (Å²) in [5.74, 6) is 0.632. The zero-order valence-electron chi connectivity index (χ0n) is 12.4. The van der Waals surface area contributed by atoms with E-state index in [4.69, 9.17) is 0 Å². The van der Waals surface area contributed by atoms with E-state index in [9.17, 15) is 4.79 Å². The molecule has 0 radical (unpaired) electrons. The zero-order chi connectivity index (χ0) is 15.3. The molecule has 0 aliphatic rings. The fourth-order valence-corrected chi connectivity index (χ4v) is 3.62. The lowest BCUT2D eigenvalue weighted by Crippen LogP contribution is -2.11. The van der Waals surface area contributed by atoms with E-state index in [0.717, 1.165) is 32.2 Å². The van der Waals surface area contributed by atoms with E-state index in [1.165, 1.54) is 0 Å².